The highest BCUT2D eigenvalue weighted by molar-refractivity contribution is 5.94. The van der Waals surface area contributed by atoms with Crippen LogP contribution in [0, 0.1) is 0 Å². The fourth-order valence-corrected chi connectivity index (χ4v) is 3.04. The Balaban J connectivity index is 1.51. The maximum atomic E-state index is 12.6. The number of carbonyl (C=O) groups excluding carboxylic acids is 2. The van der Waals surface area contributed by atoms with E-state index < -0.39 is 0 Å². The van der Waals surface area contributed by atoms with Gasteiger partial charge in [-0.05, 0) is 13.0 Å². The normalized spacial score (nSPS) is 19.1. The van der Waals surface area contributed by atoms with Crippen LogP contribution in [-0.4, -0.2) is 85.8 Å². The van der Waals surface area contributed by atoms with Crippen molar-refractivity contribution in [3.8, 4) is 0 Å². The third-order valence-corrected chi connectivity index (χ3v) is 4.48. The Morgan fingerprint density at radius 1 is 1.08 bits per heavy atom. The summed E-state index contributed by atoms with van der Waals surface area (Å²) in [5.41, 5.74) is 0.563. The van der Waals surface area contributed by atoms with Gasteiger partial charge in [-0.25, -0.2) is 4.79 Å². The molecule has 2 amide bonds. The third-order valence-electron chi connectivity index (χ3n) is 4.48. The van der Waals surface area contributed by atoms with Crippen LogP contribution in [-0.2, 0) is 16.0 Å². The molecule has 0 aromatic carbocycles. The van der Waals surface area contributed by atoms with E-state index in [1.807, 2.05) is 6.07 Å². The number of morpholine rings is 1. The molecule has 0 unspecified atom stereocenters. The summed E-state index contributed by atoms with van der Waals surface area (Å²) in [6.45, 7) is 8.03. The number of rotatable bonds is 4. The van der Waals surface area contributed by atoms with E-state index in [9.17, 15) is 9.59 Å². The fraction of sp³-hybridized carbons (Fsp3) is 0.647. The predicted molar refractivity (Wildman–Crippen MR) is 89.3 cm³/mol. The molecule has 0 N–H and O–H groups in total. The molecule has 25 heavy (non-hydrogen) atoms. The molecule has 8 heteroatoms. The molecular weight excluding hydrogens is 326 g/mol. The first-order valence-corrected chi connectivity index (χ1v) is 8.76. The smallest absolute Gasteiger partial charge is 0.409 e. The van der Waals surface area contributed by atoms with E-state index in [1.54, 1.807) is 16.7 Å². The average molecular weight is 351 g/mol. The number of piperazine rings is 1. The first kappa shape index (κ1) is 17.8. The molecule has 0 atom stereocenters. The second kappa shape index (κ2) is 8.35. The maximum absolute atomic E-state index is 12.6. The molecule has 3 heterocycles. The van der Waals surface area contributed by atoms with Gasteiger partial charge in [0.15, 0.2) is 0 Å². The van der Waals surface area contributed by atoms with Gasteiger partial charge in [0.1, 0.15) is 12.0 Å². The molecule has 0 aliphatic carbocycles. The lowest BCUT2D eigenvalue weighted by molar-refractivity contribution is 0.0313. The van der Waals surface area contributed by atoms with Gasteiger partial charge in [-0.1, -0.05) is 0 Å². The van der Waals surface area contributed by atoms with Crippen LogP contribution < -0.4 is 0 Å². The van der Waals surface area contributed by atoms with E-state index in [-0.39, 0.29) is 12.0 Å². The Kier molecular flexibility index (Phi) is 5.93. The highest BCUT2D eigenvalue weighted by Crippen LogP contribution is 2.15. The summed E-state index contributed by atoms with van der Waals surface area (Å²) >= 11 is 0. The Morgan fingerprint density at radius 2 is 1.76 bits per heavy atom. The fourth-order valence-electron chi connectivity index (χ4n) is 3.04. The Labute approximate surface area is 147 Å². The van der Waals surface area contributed by atoms with Crippen LogP contribution >= 0.6 is 0 Å². The molecule has 0 radical (unpaired) electrons. The highest BCUT2D eigenvalue weighted by Gasteiger charge is 2.26. The van der Waals surface area contributed by atoms with Gasteiger partial charge in [0.25, 0.3) is 5.91 Å². The summed E-state index contributed by atoms with van der Waals surface area (Å²) in [5.74, 6) is 0.732. The zero-order valence-corrected chi connectivity index (χ0v) is 14.6. The first-order valence-electron chi connectivity index (χ1n) is 8.76. The van der Waals surface area contributed by atoms with Crippen LogP contribution in [0.25, 0.3) is 0 Å². The van der Waals surface area contributed by atoms with Gasteiger partial charge < -0.3 is 23.7 Å². The third kappa shape index (κ3) is 4.52. The van der Waals surface area contributed by atoms with Gasteiger partial charge in [0, 0.05) is 39.3 Å². The topological polar surface area (TPSA) is 75.5 Å². The molecule has 1 aromatic rings. The van der Waals surface area contributed by atoms with Crippen LogP contribution in [0.15, 0.2) is 16.7 Å². The van der Waals surface area contributed by atoms with Crippen molar-refractivity contribution in [3.05, 3.63) is 23.7 Å². The van der Waals surface area contributed by atoms with Crippen LogP contribution in [0.1, 0.15) is 23.0 Å². The minimum atomic E-state index is -0.314. The van der Waals surface area contributed by atoms with Gasteiger partial charge in [0.2, 0.25) is 0 Å². The highest BCUT2D eigenvalue weighted by atomic mass is 16.6. The van der Waals surface area contributed by atoms with Crippen LogP contribution in [0.4, 0.5) is 4.79 Å². The van der Waals surface area contributed by atoms with E-state index in [4.69, 9.17) is 13.9 Å². The van der Waals surface area contributed by atoms with Gasteiger partial charge in [-0.15, -0.1) is 0 Å². The van der Waals surface area contributed by atoms with E-state index in [1.165, 1.54) is 6.26 Å². The standard InChI is InChI=1S/C17H25N3O5/c1-2-24-17(22)20-5-3-19(4-6-20)16(21)14-11-15(25-13-14)12-18-7-9-23-10-8-18/h11,13H,2-10,12H2,1H3. The number of hydrogen-bond acceptors (Lipinski definition) is 6. The summed E-state index contributed by atoms with van der Waals surface area (Å²) in [7, 11) is 0. The van der Waals surface area contributed by atoms with Crippen molar-refractivity contribution in [3.63, 3.8) is 0 Å². The molecular formula is C17H25N3O5. The lowest BCUT2D eigenvalue weighted by Crippen LogP contribution is -2.50. The molecule has 1 aromatic heterocycles. The summed E-state index contributed by atoms with van der Waals surface area (Å²) < 4.78 is 15.9. The molecule has 8 nitrogen and oxygen atoms in total. The number of furan rings is 1. The number of hydrogen-bond donors (Lipinski definition) is 0. The molecule has 2 fully saturated rings. The number of carbonyl (C=O) groups is 2. The number of nitrogens with zero attached hydrogens (tertiary/aromatic N) is 3. The molecule has 0 saturated carbocycles. The van der Waals surface area contributed by atoms with Crippen molar-refractivity contribution in [2.75, 3.05) is 59.1 Å². The Hall–Kier alpha value is -2.06. The minimum absolute atomic E-state index is 0.0551. The van der Waals surface area contributed by atoms with Crippen LogP contribution in [0.3, 0.4) is 0 Å². The van der Waals surface area contributed by atoms with Crippen molar-refractivity contribution >= 4 is 12.0 Å². The first-order chi connectivity index (χ1) is 12.2. The quantitative estimate of drug-likeness (QED) is 0.806. The average Bonchev–Trinajstić information content (AvgIpc) is 3.11. The second-order valence-electron chi connectivity index (χ2n) is 6.17. The summed E-state index contributed by atoms with van der Waals surface area (Å²) in [4.78, 5) is 29.9. The molecule has 2 saturated heterocycles. The van der Waals surface area contributed by atoms with Gasteiger partial charge in [0.05, 0.1) is 31.9 Å². The molecule has 2 aliphatic rings. The Bertz CT molecular complexity index is 589. The van der Waals surface area contributed by atoms with Crippen molar-refractivity contribution < 1.29 is 23.5 Å². The van der Waals surface area contributed by atoms with E-state index in [2.05, 4.69) is 4.90 Å². The largest absolute Gasteiger partial charge is 0.467 e. The molecule has 0 spiro atoms. The lowest BCUT2D eigenvalue weighted by atomic mass is 10.2. The lowest BCUT2D eigenvalue weighted by Gasteiger charge is -2.33. The van der Waals surface area contributed by atoms with Gasteiger partial charge in [-0.3, -0.25) is 9.69 Å². The summed E-state index contributed by atoms with van der Waals surface area (Å²) in [6.07, 6.45) is 1.21. The second-order valence-corrected chi connectivity index (χ2v) is 6.17. The predicted octanol–water partition coefficient (Wildman–Crippen LogP) is 1.03. The van der Waals surface area contributed by atoms with Crippen molar-refractivity contribution in [1.29, 1.82) is 0 Å². The maximum Gasteiger partial charge on any atom is 0.409 e. The number of amides is 2. The molecule has 0 bridgehead atoms. The zero-order chi connectivity index (χ0) is 17.6. The monoisotopic (exact) mass is 351 g/mol. The van der Waals surface area contributed by atoms with E-state index in [0.29, 0.717) is 44.9 Å². The van der Waals surface area contributed by atoms with E-state index >= 15 is 0 Å². The molecule has 3 rings (SSSR count). The molecule has 138 valence electrons. The Morgan fingerprint density at radius 3 is 2.44 bits per heavy atom. The van der Waals surface area contributed by atoms with Crippen LogP contribution in [0.2, 0.25) is 0 Å². The number of ether oxygens (including phenoxy) is 2. The van der Waals surface area contributed by atoms with E-state index in [0.717, 1.165) is 32.1 Å². The van der Waals surface area contributed by atoms with Gasteiger partial charge in [-0.2, -0.15) is 0 Å². The zero-order valence-electron chi connectivity index (χ0n) is 14.6. The van der Waals surface area contributed by atoms with Crippen molar-refractivity contribution in [2.45, 2.75) is 13.5 Å². The summed E-state index contributed by atoms with van der Waals surface area (Å²) in [5, 5.41) is 0. The summed E-state index contributed by atoms with van der Waals surface area (Å²) in [6, 6.07) is 1.81. The van der Waals surface area contributed by atoms with Crippen molar-refractivity contribution in [1.82, 2.24) is 14.7 Å². The van der Waals surface area contributed by atoms with Gasteiger partial charge >= 0.3 is 6.09 Å². The minimum Gasteiger partial charge on any atom is -0.467 e. The molecule has 2 aliphatic heterocycles. The van der Waals surface area contributed by atoms with Crippen molar-refractivity contribution in [2.24, 2.45) is 0 Å². The SMILES string of the molecule is CCOC(=O)N1CCN(C(=O)c2coc(CN3CCOCC3)c2)CC1. The van der Waals surface area contributed by atoms with Crippen LogP contribution in [0.5, 0.6) is 0 Å².